The van der Waals surface area contributed by atoms with Crippen LogP contribution in [0.1, 0.15) is 0 Å². The van der Waals surface area contributed by atoms with Crippen LogP contribution in [0, 0.1) is 0 Å². The molecule has 0 unspecified atom stereocenters. The molecule has 0 aliphatic heterocycles. The summed E-state index contributed by atoms with van der Waals surface area (Å²) in [6, 6.07) is 13.2. The summed E-state index contributed by atoms with van der Waals surface area (Å²) in [6.45, 7) is 0. The second kappa shape index (κ2) is 6.12. The fraction of sp³-hybridized carbons (Fsp3) is 0.118. The van der Waals surface area contributed by atoms with Gasteiger partial charge in [0.2, 0.25) is 0 Å². The third kappa shape index (κ3) is 2.78. The fourth-order valence-corrected chi connectivity index (χ4v) is 2.47. The van der Waals surface area contributed by atoms with Crippen LogP contribution in [0.2, 0.25) is 5.02 Å². The monoisotopic (exact) mass is 314 g/mol. The van der Waals surface area contributed by atoms with E-state index in [1.54, 1.807) is 20.4 Å². The van der Waals surface area contributed by atoms with Gasteiger partial charge in [0.05, 0.1) is 19.7 Å². The minimum absolute atomic E-state index is 0.670. The predicted octanol–water partition coefficient (Wildman–Crippen LogP) is 4.65. The zero-order valence-electron chi connectivity index (χ0n) is 12.3. The van der Waals surface area contributed by atoms with Crippen molar-refractivity contribution >= 4 is 33.9 Å². The molecule has 0 aliphatic rings. The van der Waals surface area contributed by atoms with Gasteiger partial charge in [-0.25, -0.2) is 0 Å². The van der Waals surface area contributed by atoms with E-state index in [1.165, 1.54) is 0 Å². The highest BCUT2D eigenvalue weighted by molar-refractivity contribution is 6.31. The number of fused-ring (bicyclic) bond motifs is 1. The van der Waals surface area contributed by atoms with Crippen molar-refractivity contribution < 1.29 is 9.47 Å². The molecule has 1 N–H and O–H groups in total. The van der Waals surface area contributed by atoms with E-state index in [9.17, 15) is 0 Å². The number of hydrogen-bond donors (Lipinski definition) is 1. The summed E-state index contributed by atoms with van der Waals surface area (Å²) in [5, 5.41) is 5.01. The maximum absolute atomic E-state index is 6.09. The molecule has 0 saturated heterocycles. The molecule has 0 spiro atoms. The van der Waals surface area contributed by atoms with Gasteiger partial charge in [-0.15, -0.1) is 0 Å². The Kier molecular flexibility index (Phi) is 4.02. The van der Waals surface area contributed by atoms with Gasteiger partial charge in [0, 0.05) is 34.0 Å². The van der Waals surface area contributed by atoms with Crippen LogP contribution in [0.25, 0.3) is 10.9 Å². The van der Waals surface area contributed by atoms with Crippen LogP contribution >= 0.6 is 11.6 Å². The first-order chi connectivity index (χ1) is 10.7. The van der Waals surface area contributed by atoms with Crippen LogP contribution in [-0.2, 0) is 0 Å². The Hall–Kier alpha value is -2.46. The summed E-state index contributed by atoms with van der Waals surface area (Å²) in [6.07, 6.45) is 1.76. The molecule has 2 aromatic carbocycles. The van der Waals surface area contributed by atoms with Gasteiger partial charge in [-0.05, 0) is 36.4 Å². The normalized spacial score (nSPS) is 10.5. The number of aromatic nitrogens is 1. The molecule has 5 heteroatoms. The fourth-order valence-electron chi connectivity index (χ4n) is 2.30. The summed E-state index contributed by atoms with van der Waals surface area (Å²) in [5.74, 6) is 1.36. The molecule has 0 saturated carbocycles. The zero-order chi connectivity index (χ0) is 15.5. The van der Waals surface area contributed by atoms with Gasteiger partial charge in [0.1, 0.15) is 0 Å². The maximum atomic E-state index is 6.09. The molecular weight excluding hydrogens is 300 g/mol. The van der Waals surface area contributed by atoms with Gasteiger partial charge in [0.25, 0.3) is 0 Å². The number of pyridine rings is 1. The van der Waals surface area contributed by atoms with E-state index in [0.717, 1.165) is 22.3 Å². The molecule has 0 aliphatic carbocycles. The molecule has 112 valence electrons. The largest absolute Gasteiger partial charge is 0.493 e. The SMILES string of the molecule is COc1ccc(Nc2ccnc3ccc(Cl)cc23)cc1OC. The number of anilines is 2. The molecule has 4 nitrogen and oxygen atoms in total. The summed E-state index contributed by atoms with van der Waals surface area (Å²) in [7, 11) is 3.23. The number of ether oxygens (including phenoxy) is 2. The Balaban J connectivity index is 2.01. The van der Waals surface area contributed by atoms with Gasteiger partial charge in [-0.1, -0.05) is 11.6 Å². The smallest absolute Gasteiger partial charge is 0.162 e. The van der Waals surface area contributed by atoms with Crippen LogP contribution in [0.4, 0.5) is 11.4 Å². The second-order valence-corrected chi connectivity index (χ2v) is 5.15. The van der Waals surface area contributed by atoms with Crippen LogP contribution in [0.15, 0.2) is 48.7 Å². The standard InChI is InChI=1S/C17H15ClN2O2/c1-21-16-6-4-12(10-17(16)22-2)20-15-7-8-19-14-5-3-11(18)9-13(14)15/h3-10H,1-2H3,(H,19,20). The minimum atomic E-state index is 0.670. The Labute approximate surface area is 133 Å². The summed E-state index contributed by atoms with van der Waals surface area (Å²) in [4.78, 5) is 4.34. The average molecular weight is 315 g/mol. The lowest BCUT2D eigenvalue weighted by Crippen LogP contribution is -1.95. The van der Waals surface area contributed by atoms with Gasteiger partial charge >= 0.3 is 0 Å². The molecule has 22 heavy (non-hydrogen) atoms. The third-order valence-corrected chi connectivity index (χ3v) is 3.60. The maximum Gasteiger partial charge on any atom is 0.162 e. The number of benzene rings is 2. The van der Waals surface area contributed by atoms with Gasteiger partial charge in [-0.3, -0.25) is 4.98 Å². The van der Waals surface area contributed by atoms with Crippen molar-refractivity contribution in [2.45, 2.75) is 0 Å². The number of nitrogens with zero attached hydrogens (tertiary/aromatic N) is 1. The van der Waals surface area contributed by atoms with Crippen molar-refractivity contribution in [3.05, 3.63) is 53.7 Å². The Morgan fingerprint density at radius 1 is 0.955 bits per heavy atom. The van der Waals surface area contributed by atoms with Crippen molar-refractivity contribution in [3.63, 3.8) is 0 Å². The second-order valence-electron chi connectivity index (χ2n) is 4.71. The van der Waals surface area contributed by atoms with Gasteiger partial charge in [-0.2, -0.15) is 0 Å². The van der Waals surface area contributed by atoms with E-state index < -0.39 is 0 Å². The molecule has 0 amide bonds. The lowest BCUT2D eigenvalue weighted by atomic mass is 10.1. The van der Waals surface area contributed by atoms with Crippen LogP contribution in [-0.4, -0.2) is 19.2 Å². The Morgan fingerprint density at radius 3 is 2.55 bits per heavy atom. The van der Waals surface area contributed by atoms with Crippen molar-refractivity contribution in [2.75, 3.05) is 19.5 Å². The van der Waals surface area contributed by atoms with Gasteiger partial charge in [0.15, 0.2) is 11.5 Å². The first kappa shape index (κ1) is 14.5. The topological polar surface area (TPSA) is 43.4 Å². The first-order valence-electron chi connectivity index (χ1n) is 6.74. The minimum Gasteiger partial charge on any atom is -0.493 e. The number of nitrogens with one attached hydrogen (secondary N) is 1. The average Bonchev–Trinajstić information content (AvgIpc) is 2.55. The van der Waals surface area contributed by atoms with Crippen molar-refractivity contribution in [3.8, 4) is 11.5 Å². The third-order valence-electron chi connectivity index (χ3n) is 3.37. The number of halogens is 1. The molecule has 0 radical (unpaired) electrons. The lowest BCUT2D eigenvalue weighted by Gasteiger charge is -2.12. The summed E-state index contributed by atoms with van der Waals surface area (Å²) < 4.78 is 10.6. The molecule has 0 fully saturated rings. The first-order valence-corrected chi connectivity index (χ1v) is 7.12. The quantitative estimate of drug-likeness (QED) is 0.761. The number of hydrogen-bond acceptors (Lipinski definition) is 4. The van der Waals surface area contributed by atoms with Crippen LogP contribution in [0.5, 0.6) is 11.5 Å². The van der Waals surface area contributed by atoms with Crippen molar-refractivity contribution in [2.24, 2.45) is 0 Å². The lowest BCUT2D eigenvalue weighted by molar-refractivity contribution is 0.355. The molecular formula is C17H15ClN2O2. The Bertz CT molecular complexity index is 821. The molecule has 3 aromatic rings. The molecule has 1 heterocycles. The summed E-state index contributed by atoms with van der Waals surface area (Å²) in [5.41, 5.74) is 2.71. The zero-order valence-corrected chi connectivity index (χ0v) is 13.0. The van der Waals surface area contributed by atoms with Crippen LogP contribution < -0.4 is 14.8 Å². The molecule has 0 bridgehead atoms. The van der Waals surface area contributed by atoms with E-state index in [0.29, 0.717) is 16.5 Å². The van der Waals surface area contributed by atoms with E-state index in [4.69, 9.17) is 21.1 Å². The number of methoxy groups -OCH3 is 2. The summed E-state index contributed by atoms with van der Waals surface area (Å²) >= 11 is 6.09. The van der Waals surface area contributed by atoms with Crippen LogP contribution in [0.3, 0.4) is 0 Å². The van der Waals surface area contributed by atoms with Crippen molar-refractivity contribution in [1.82, 2.24) is 4.98 Å². The highest BCUT2D eigenvalue weighted by Gasteiger charge is 2.07. The predicted molar refractivity (Wildman–Crippen MR) is 89.6 cm³/mol. The Morgan fingerprint density at radius 2 is 1.77 bits per heavy atom. The van der Waals surface area contributed by atoms with E-state index in [2.05, 4.69) is 10.3 Å². The highest BCUT2D eigenvalue weighted by Crippen LogP contribution is 2.33. The van der Waals surface area contributed by atoms with E-state index in [-0.39, 0.29) is 0 Å². The highest BCUT2D eigenvalue weighted by atomic mass is 35.5. The van der Waals surface area contributed by atoms with Crippen molar-refractivity contribution in [1.29, 1.82) is 0 Å². The molecule has 1 aromatic heterocycles. The molecule has 0 atom stereocenters. The van der Waals surface area contributed by atoms with E-state index in [1.807, 2.05) is 42.5 Å². The number of rotatable bonds is 4. The van der Waals surface area contributed by atoms with Gasteiger partial charge < -0.3 is 14.8 Å². The molecule has 3 rings (SSSR count). The van der Waals surface area contributed by atoms with E-state index >= 15 is 0 Å².